The van der Waals surface area contributed by atoms with E-state index in [1.54, 1.807) is 10.5 Å². The zero-order valence-electron chi connectivity index (χ0n) is 17.5. The normalized spacial score (nSPS) is 38.3. The highest BCUT2D eigenvalue weighted by Crippen LogP contribution is 2.53. The second-order valence-electron chi connectivity index (χ2n) is 9.48. The minimum absolute atomic E-state index is 0.0120. The van der Waals surface area contributed by atoms with Crippen LogP contribution in [0.5, 0.6) is 0 Å². The van der Waals surface area contributed by atoms with Crippen LogP contribution in [-0.2, 0) is 14.3 Å². The van der Waals surface area contributed by atoms with E-state index in [0.717, 1.165) is 26.1 Å². The standard InChI is InChI=1S/C22H34N2O4/c1-4-27-21(26)24-10-8-23(9-11-24)14-17-16-12-18-15(2)6-5-7-22(18,3)13-19(16)28-20(17)25/h12,15-17,19H,4-11,13-14H2,1-3H3/p+1/t15-,16-,17+,19+,22+/m1/s1. The Bertz CT molecular complexity index is 655. The maximum Gasteiger partial charge on any atom is 0.410 e. The van der Waals surface area contributed by atoms with E-state index >= 15 is 0 Å². The molecule has 6 heteroatoms. The SMILES string of the molecule is CCOC(=O)N1CC[NH+](C[C@@H]2C(=O)O[C@H]3C[C@]4(C)CCC[C@@H](C)C4=C[C@@H]32)CC1. The van der Waals surface area contributed by atoms with Gasteiger partial charge in [0.05, 0.1) is 39.3 Å². The van der Waals surface area contributed by atoms with Crippen LogP contribution >= 0.6 is 0 Å². The molecule has 0 spiro atoms. The van der Waals surface area contributed by atoms with Gasteiger partial charge in [-0.1, -0.05) is 31.9 Å². The van der Waals surface area contributed by atoms with Gasteiger partial charge in [-0.25, -0.2) is 4.79 Å². The monoisotopic (exact) mass is 391 g/mol. The summed E-state index contributed by atoms with van der Waals surface area (Å²) in [4.78, 5) is 27.8. The summed E-state index contributed by atoms with van der Waals surface area (Å²) in [6.07, 6.45) is 7.01. The molecule has 2 aliphatic heterocycles. The lowest BCUT2D eigenvalue weighted by atomic mass is 9.59. The third-order valence-electron chi connectivity index (χ3n) is 7.59. The number of hydrogen-bond donors (Lipinski definition) is 1. The fraction of sp³-hybridized carbons (Fsp3) is 0.818. The van der Waals surface area contributed by atoms with E-state index in [1.807, 2.05) is 6.92 Å². The van der Waals surface area contributed by atoms with E-state index in [9.17, 15) is 9.59 Å². The topological polar surface area (TPSA) is 60.3 Å². The van der Waals surface area contributed by atoms with Crippen molar-refractivity contribution in [3.8, 4) is 0 Å². The highest BCUT2D eigenvalue weighted by atomic mass is 16.6. The van der Waals surface area contributed by atoms with Crippen LogP contribution in [-0.4, -0.2) is 62.4 Å². The molecule has 1 amide bonds. The molecule has 2 aliphatic carbocycles. The second-order valence-corrected chi connectivity index (χ2v) is 9.48. The lowest BCUT2D eigenvalue weighted by Gasteiger charge is -2.46. The van der Waals surface area contributed by atoms with Crippen LogP contribution in [0.1, 0.15) is 46.5 Å². The summed E-state index contributed by atoms with van der Waals surface area (Å²) in [5.41, 5.74) is 1.79. The number of amides is 1. The van der Waals surface area contributed by atoms with E-state index in [0.29, 0.717) is 25.6 Å². The molecule has 28 heavy (non-hydrogen) atoms. The Morgan fingerprint density at radius 1 is 1.39 bits per heavy atom. The van der Waals surface area contributed by atoms with Gasteiger partial charge in [0.25, 0.3) is 0 Å². The number of carbonyl (C=O) groups excluding carboxylic acids is 2. The van der Waals surface area contributed by atoms with Crippen molar-refractivity contribution in [3.05, 3.63) is 11.6 Å². The fourth-order valence-corrected chi connectivity index (χ4v) is 6.02. The van der Waals surface area contributed by atoms with Gasteiger partial charge in [-0.15, -0.1) is 0 Å². The summed E-state index contributed by atoms with van der Waals surface area (Å²) < 4.78 is 11.0. The number of allylic oxidation sites excluding steroid dienone is 1. The number of nitrogens with zero attached hydrogens (tertiary/aromatic N) is 1. The van der Waals surface area contributed by atoms with Gasteiger partial charge in [-0.05, 0) is 37.5 Å². The molecule has 6 nitrogen and oxygen atoms in total. The van der Waals surface area contributed by atoms with Crippen molar-refractivity contribution in [2.24, 2.45) is 23.2 Å². The lowest BCUT2D eigenvalue weighted by Crippen LogP contribution is -3.15. The Balaban J connectivity index is 1.42. The van der Waals surface area contributed by atoms with Crippen LogP contribution in [0.25, 0.3) is 0 Å². The number of quaternary nitrogens is 1. The summed E-state index contributed by atoms with van der Waals surface area (Å²) in [5, 5.41) is 0. The number of nitrogens with one attached hydrogen (secondary N) is 1. The molecule has 0 aromatic heterocycles. The lowest BCUT2D eigenvalue weighted by molar-refractivity contribution is -0.906. The fourth-order valence-electron chi connectivity index (χ4n) is 6.02. The van der Waals surface area contributed by atoms with E-state index < -0.39 is 0 Å². The molecule has 2 saturated heterocycles. The van der Waals surface area contributed by atoms with Crippen molar-refractivity contribution < 1.29 is 24.0 Å². The maximum atomic E-state index is 12.7. The number of ether oxygens (including phenoxy) is 2. The molecule has 5 atom stereocenters. The van der Waals surface area contributed by atoms with Crippen LogP contribution in [0, 0.1) is 23.2 Å². The molecular formula is C22H35N2O4+. The van der Waals surface area contributed by atoms with Gasteiger partial charge in [-0.2, -0.15) is 0 Å². The van der Waals surface area contributed by atoms with Crippen molar-refractivity contribution in [2.45, 2.75) is 52.6 Å². The zero-order chi connectivity index (χ0) is 19.9. The maximum absolute atomic E-state index is 12.7. The molecule has 0 radical (unpaired) electrons. The van der Waals surface area contributed by atoms with E-state index in [1.165, 1.54) is 24.2 Å². The smallest absolute Gasteiger partial charge is 0.410 e. The molecule has 0 aromatic carbocycles. The van der Waals surface area contributed by atoms with Crippen LogP contribution in [0.3, 0.4) is 0 Å². The minimum atomic E-state index is -0.218. The van der Waals surface area contributed by atoms with Gasteiger partial charge in [0.2, 0.25) is 0 Å². The Morgan fingerprint density at radius 3 is 2.86 bits per heavy atom. The summed E-state index contributed by atoms with van der Waals surface area (Å²) in [5.74, 6) is 0.797. The number of fused-ring (bicyclic) bond motifs is 2. The van der Waals surface area contributed by atoms with Crippen molar-refractivity contribution in [3.63, 3.8) is 0 Å². The van der Waals surface area contributed by atoms with Gasteiger partial charge in [0, 0.05) is 5.92 Å². The molecule has 0 unspecified atom stereocenters. The van der Waals surface area contributed by atoms with Gasteiger partial charge >= 0.3 is 12.1 Å². The van der Waals surface area contributed by atoms with Crippen LogP contribution < -0.4 is 4.90 Å². The largest absolute Gasteiger partial charge is 0.461 e. The van der Waals surface area contributed by atoms with Gasteiger partial charge in [0.15, 0.2) is 0 Å². The summed E-state index contributed by atoms with van der Waals surface area (Å²) in [7, 11) is 0. The summed E-state index contributed by atoms with van der Waals surface area (Å²) in [6.45, 7) is 10.9. The predicted molar refractivity (Wildman–Crippen MR) is 105 cm³/mol. The molecule has 4 aliphatic rings. The Hall–Kier alpha value is -1.56. The average molecular weight is 392 g/mol. The van der Waals surface area contributed by atoms with E-state index in [4.69, 9.17) is 9.47 Å². The van der Waals surface area contributed by atoms with Gasteiger partial charge < -0.3 is 14.4 Å². The average Bonchev–Trinajstić information content (AvgIpc) is 2.95. The highest BCUT2D eigenvalue weighted by molar-refractivity contribution is 5.76. The molecule has 1 saturated carbocycles. The van der Waals surface area contributed by atoms with E-state index in [2.05, 4.69) is 19.9 Å². The molecular weight excluding hydrogens is 356 g/mol. The van der Waals surface area contributed by atoms with Crippen molar-refractivity contribution in [2.75, 3.05) is 39.3 Å². The quantitative estimate of drug-likeness (QED) is 0.587. The number of rotatable bonds is 3. The number of hydrogen-bond acceptors (Lipinski definition) is 4. The summed E-state index contributed by atoms with van der Waals surface area (Å²) in [6, 6.07) is 0. The number of esters is 1. The minimum Gasteiger partial charge on any atom is -0.461 e. The van der Waals surface area contributed by atoms with Crippen molar-refractivity contribution in [1.82, 2.24) is 4.90 Å². The first kappa shape index (κ1) is 19.7. The van der Waals surface area contributed by atoms with Gasteiger partial charge in [-0.3, -0.25) is 9.69 Å². The third-order valence-corrected chi connectivity index (χ3v) is 7.59. The Kier molecular flexibility index (Phi) is 5.43. The zero-order valence-corrected chi connectivity index (χ0v) is 17.5. The highest BCUT2D eigenvalue weighted by Gasteiger charge is 2.52. The third kappa shape index (κ3) is 3.56. The second kappa shape index (κ2) is 7.69. The van der Waals surface area contributed by atoms with Crippen LogP contribution in [0.2, 0.25) is 0 Å². The molecule has 0 aromatic rings. The van der Waals surface area contributed by atoms with Crippen molar-refractivity contribution >= 4 is 12.1 Å². The van der Waals surface area contributed by atoms with Crippen LogP contribution in [0.4, 0.5) is 4.79 Å². The molecule has 4 rings (SSSR count). The first-order valence-corrected chi connectivity index (χ1v) is 11.1. The Morgan fingerprint density at radius 2 is 2.14 bits per heavy atom. The molecule has 0 bridgehead atoms. The summed E-state index contributed by atoms with van der Waals surface area (Å²) >= 11 is 0. The molecule has 1 N–H and O–H groups in total. The number of carbonyl (C=O) groups is 2. The number of piperazine rings is 1. The van der Waals surface area contributed by atoms with Gasteiger partial charge in [0.1, 0.15) is 12.0 Å². The Labute approximate surface area is 168 Å². The molecule has 3 fully saturated rings. The van der Waals surface area contributed by atoms with Crippen LogP contribution in [0.15, 0.2) is 11.6 Å². The first-order chi connectivity index (χ1) is 13.4. The molecule has 2 heterocycles. The predicted octanol–water partition coefficient (Wildman–Crippen LogP) is 1.66. The van der Waals surface area contributed by atoms with E-state index in [-0.39, 0.29) is 35.4 Å². The first-order valence-electron chi connectivity index (χ1n) is 11.1. The molecule has 156 valence electrons. The van der Waals surface area contributed by atoms with Crippen molar-refractivity contribution in [1.29, 1.82) is 0 Å².